The summed E-state index contributed by atoms with van der Waals surface area (Å²) in [5, 5.41) is 13.2. The van der Waals surface area contributed by atoms with Gasteiger partial charge in [-0.25, -0.2) is 0 Å². The van der Waals surface area contributed by atoms with Crippen molar-refractivity contribution in [1.82, 2.24) is 0 Å². The second-order valence-electron chi connectivity index (χ2n) is 4.40. The minimum Gasteiger partial charge on any atom is -0.413 e. The molecule has 3 rings (SSSR count). The van der Waals surface area contributed by atoms with E-state index < -0.39 is 4.92 Å². The number of hydrogen-bond acceptors (Lipinski definition) is 4. The molecule has 5 heteroatoms. The van der Waals surface area contributed by atoms with Crippen LogP contribution in [0.2, 0.25) is 0 Å². The van der Waals surface area contributed by atoms with Gasteiger partial charge in [0.15, 0.2) is 0 Å². The summed E-state index contributed by atoms with van der Waals surface area (Å²) in [6.45, 7) is 0. The molecule has 0 radical (unpaired) electrons. The van der Waals surface area contributed by atoms with E-state index in [9.17, 15) is 10.1 Å². The Hall–Kier alpha value is -2.53. The van der Waals surface area contributed by atoms with Crippen LogP contribution in [0.4, 0.5) is 5.69 Å². The normalized spacial score (nSPS) is 10.5. The van der Waals surface area contributed by atoms with Crippen LogP contribution >= 0.6 is 12.0 Å². The molecule has 104 valence electrons. The summed E-state index contributed by atoms with van der Waals surface area (Å²) in [4.78, 5) is 11.4. The molecule has 0 saturated carbocycles. The number of nitrogens with zero attached hydrogens (tertiary/aromatic N) is 1. The van der Waals surface area contributed by atoms with Crippen molar-refractivity contribution >= 4 is 28.5 Å². The first kappa shape index (κ1) is 13.5. The van der Waals surface area contributed by atoms with Crippen LogP contribution in [0.25, 0.3) is 10.8 Å². The third-order valence-corrected chi connectivity index (χ3v) is 3.72. The lowest BCUT2D eigenvalue weighted by Gasteiger charge is -2.05. The number of nitro groups is 1. The molecule has 0 N–H and O–H groups in total. The highest BCUT2D eigenvalue weighted by Gasteiger charge is 2.14. The lowest BCUT2D eigenvalue weighted by Crippen LogP contribution is -1.91. The quantitative estimate of drug-likeness (QED) is 0.393. The van der Waals surface area contributed by atoms with Crippen LogP contribution in [0.15, 0.2) is 71.6 Å². The average molecular weight is 297 g/mol. The molecule has 21 heavy (non-hydrogen) atoms. The number of fused-ring (bicyclic) bond motifs is 1. The van der Waals surface area contributed by atoms with Gasteiger partial charge in [-0.15, -0.1) is 0 Å². The van der Waals surface area contributed by atoms with E-state index in [-0.39, 0.29) is 11.4 Å². The van der Waals surface area contributed by atoms with Gasteiger partial charge in [-0.1, -0.05) is 42.5 Å². The predicted molar refractivity (Wildman–Crippen MR) is 83.5 cm³/mol. The SMILES string of the molecule is O=[N+]([O-])c1ccccc1OSc1ccc2ccccc2c1. The van der Waals surface area contributed by atoms with E-state index in [0.29, 0.717) is 0 Å². The van der Waals surface area contributed by atoms with E-state index >= 15 is 0 Å². The van der Waals surface area contributed by atoms with E-state index in [0.717, 1.165) is 27.7 Å². The number of rotatable bonds is 4. The smallest absolute Gasteiger partial charge is 0.312 e. The lowest BCUT2D eigenvalue weighted by atomic mass is 10.1. The van der Waals surface area contributed by atoms with Crippen LogP contribution in [-0.4, -0.2) is 4.92 Å². The minimum atomic E-state index is -0.448. The fraction of sp³-hybridized carbons (Fsp3) is 0. The van der Waals surface area contributed by atoms with Crippen molar-refractivity contribution in [3.8, 4) is 5.75 Å². The molecule has 3 aromatic carbocycles. The first-order chi connectivity index (χ1) is 10.2. The molecule has 0 spiro atoms. The summed E-state index contributed by atoms with van der Waals surface area (Å²) in [5.74, 6) is 0.251. The van der Waals surface area contributed by atoms with Crippen LogP contribution in [0, 0.1) is 10.1 Å². The van der Waals surface area contributed by atoms with Gasteiger partial charge in [0.1, 0.15) is 0 Å². The summed E-state index contributed by atoms with van der Waals surface area (Å²) >= 11 is 1.12. The van der Waals surface area contributed by atoms with Crippen LogP contribution in [-0.2, 0) is 0 Å². The molecule has 4 nitrogen and oxygen atoms in total. The Morgan fingerprint density at radius 2 is 1.62 bits per heavy atom. The molecule has 0 fully saturated rings. The Balaban J connectivity index is 1.82. The van der Waals surface area contributed by atoms with Crippen molar-refractivity contribution in [3.05, 3.63) is 76.8 Å². The fourth-order valence-corrected chi connectivity index (χ4v) is 2.62. The number of nitro benzene ring substituents is 1. The minimum absolute atomic E-state index is 0.0363. The second-order valence-corrected chi connectivity index (χ2v) is 5.21. The van der Waals surface area contributed by atoms with Crippen LogP contribution in [0.3, 0.4) is 0 Å². The van der Waals surface area contributed by atoms with E-state index in [1.165, 1.54) is 6.07 Å². The Kier molecular flexibility index (Phi) is 3.75. The van der Waals surface area contributed by atoms with Gasteiger partial charge in [-0.3, -0.25) is 10.1 Å². The highest BCUT2D eigenvalue weighted by molar-refractivity contribution is 7.95. The summed E-state index contributed by atoms with van der Waals surface area (Å²) in [6.07, 6.45) is 0. The maximum Gasteiger partial charge on any atom is 0.312 e. The molecule has 0 aromatic heterocycles. The lowest BCUT2D eigenvalue weighted by molar-refractivity contribution is -0.385. The second kappa shape index (κ2) is 5.85. The van der Waals surface area contributed by atoms with Crippen LogP contribution in [0.1, 0.15) is 0 Å². The van der Waals surface area contributed by atoms with E-state index in [1.807, 2.05) is 42.5 Å². The number of benzene rings is 3. The van der Waals surface area contributed by atoms with Gasteiger partial charge < -0.3 is 4.18 Å². The van der Waals surface area contributed by atoms with Crippen LogP contribution in [0.5, 0.6) is 5.75 Å². The largest absolute Gasteiger partial charge is 0.413 e. The first-order valence-corrected chi connectivity index (χ1v) is 7.05. The molecule has 0 amide bonds. The van der Waals surface area contributed by atoms with Crippen molar-refractivity contribution in [2.24, 2.45) is 0 Å². The predicted octanol–water partition coefficient (Wildman–Crippen LogP) is 4.83. The molecule has 0 aliphatic carbocycles. The Labute approximate surface area is 125 Å². The number of hydrogen-bond donors (Lipinski definition) is 0. The van der Waals surface area contributed by atoms with Crippen molar-refractivity contribution in [3.63, 3.8) is 0 Å². The van der Waals surface area contributed by atoms with Gasteiger partial charge in [0.2, 0.25) is 5.75 Å². The first-order valence-electron chi connectivity index (χ1n) is 6.31. The van der Waals surface area contributed by atoms with E-state index in [1.54, 1.807) is 18.2 Å². The van der Waals surface area contributed by atoms with Gasteiger partial charge in [0.05, 0.1) is 17.0 Å². The molecular weight excluding hydrogens is 286 g/mol. The Morgan fingerprint density at radius 3 is 2.43 bits per heavy atom. The topological polar surface area (TPSA) is 52.4 Å². The molecule has 0 bridgehead atoms. The van der Waals surface area contributed by atoms with Gasteiger partial charge >= 0.3 is 5.69 Å². The van der Waals surface area contributed by atoms with E-state index in [2.05, 4.69) is 0 Å². The van der Waals surface area contributed by atoms with Crippen molar-refractivity contribution < 1.29 is 9.11 Å². The summed E-state index contributed by atoms with van der Waals surface area (Å²) in [6, 6.07) is 20.3. The van der Waals surface area contributed by atoms with E-state index in [4.69, 9.17) is 4.18 Å². The molecule has 0 aliphatic rings. The molecule has 0 heterocycles. The van der Waals surface area contributed by atoms with Gasteiger partial charge in [0, 0.05) is 11.0 Å². The Bertz CT molecular complexity index is 804. The molecular formula is C16H11NO3S. The maximum atomic E-state index is 10.9. The average Bonchev–Trinajstić information content (AvgIpc) is 2.53. The molecule has 0 aliphatic heterocycles. The van der Waals surface area contributed by atoms with Gasteiger partial charge in [-0.2, -0.15) is 0 Å². The maximum absolute atomic E-state index is 10.9. The summed E-state index contributed by atoms with van der Waals surface area (Å²) in [7, 11) is 0. The van der Waals surface area contributed by atoms with Crippen molar-refractivity contribution in [1.29, 1.82) is 0 Å². The summed E-state index contributed by atoms with van der Waals surface area (Å²) < 4.78 is 5.51. The highest BCUT2D eigenvalue weighted by atomic mass is 32.2. The zero-order chi connectivity index (χ0) is 14.7. The third-order valence-electron chi connectivity index (χ3n) is 3.01. The van der Waals surface area contributed by atoms with Crippen molar-refractivity contribution in [2.75, 3.05) is 0 Å². The monoisotopic (exact) mass is 297 g/mol. The number of para-hydroxylation sites is 2. The van der Waals surface area contributed by atoms with Crippen LogP contribution < -0.4 is 4.18 Å². The fourth-order valence-electron chi connectivity index (χ4n) is 1.99. The molecule has 0 atom stereocenters. The third kappa shape index (κ3) is 2.98. The zero-order valence-corrected chi connectivity index (χ0v) is 11.7. The van der Waals surface area contributed by atoms with Gasteiger partial charge in [-0.05, 0) is 29.0 Å². The molecule has 3 aromatic rings. The van der Waals surface area contributed by atoms with Crippen molar-refractivity contribution in [2.45, 2.75) is 4.90 Å². The molecule has 0 saturated heterocycles. The summed E-state index contributed by atoms with van der Waals surface area (Å²) in [5.41, 5.74) is -0.0363. The molecule has 0 unspecified atom stereocenters. The van der Waals surface area contributed by atoms with Gasteiger partial charge in [0.25, 0.3) is 0 Å². The Morgan fingerprint density at radius 1 is 0.905 bits per heavy atom. The zero-order valence-electron chi connectivity index (χ0n) is 10.9. The standard InChI is InChI=1S/C16H11NO3S/c18-17(19)15-7-3-4-8-16(15)20-21-14-10-9-12-5-1-2-6-13(12)11-14/h1-11H. The highest BCUT2D eigenvalue weighted by Crippen LogP contribution is 2.32.